The summed E-state index contributed by atoms with van der Waals surface area (Å²) >= 11 is 0. The summed E-state index contributed by atoms with van der Waals surface area (Å²) in [5.74, 6) is 1.51. The van der Waals surface area contributed by atoms with E-state index < -0.39 is 0 Å². The third-order valence-electron chi connectivity index (χ3n) is 2.74. The molecule has 3 N–H and O–H groups in total. The zero-order valence-electron chi connectivity index (χ0n) is 10.7. The van der Waals surface area contributed by atoms with Crippen molar-refractivity contribution in [3.63, 3.8) is 0 Å². The molecule has 2 aromatic rings. The van der Waals surface area contributed by atoms with E-state index >= 15 is 0 Å². The molecular weight excluding hydrogens is 240 g/mol. The predicted octanol–water partition coefficient (Wildman–Crippen LogP) is 2.56. The Morgan fingerprint density at radius 1 is 1.11 bits per heavy atom. The summed E-state index contributed by atoms with van der Waals surface area (Å²) < 4.78 is 10.8. The van der Waals surface area contributed by atoms with Crippen molar-refractivity contribution in [2.24, 2.45) is 5.73 Å². The van der Waals surface area contributed by atoms with Crippen LogP contribution in [0, 0.1) is 5.41 Å². The van der Waals surface area contributed by atoms with E-state index in [1.807, 2.05) is 48.5 Å². The molecule has 0 bridgehead atoms. The molecule has 0 radical (unpaired) electrons. The van der Waals surface area contributed by atoms with Gasteiger partial charge in [0.15, 0.2) is 0 Å². The number of nitrogen functional groups attached to an aromatic ring is 1. The van der Waals surface area contributed by atoms with Gasteiger partial charge < -0.3 is 15.2 Å². The lowest BCUT2D eigenvalue weighted by Crippen LogP contribution is -2.14. The number of rotatable bonds is 5. The van der Waals surface area contributed by atoms with E-state index in [1.54, 1.807) is 7.11 Å². The van der Waals surface area contributed by atoms with Crippen LogP contribution in [0.15, 0.2) is 48.5 Å². The summed E-state index contributed by atoms with van der Waals surface area (Å²) in [6.07, 6.45) is 0. The van der Waals surface area contributed by atoms with Crippen molar-refractivity contribution in [1.82, 2.24) is 0 Å². The van der Waals surface area contributed by atoms with Crippen LogP contribution < -0.4 is 15.2 Å². The first-order chi connectivity index (χ1) is 9.20. The van der Waals surface area contributed by atoms with Crippen LogP contribution in [0.3, 0.4) is 0 Å². The van der Waals surface area contributed by atoms with Gasteiger partial charge >= 0.3 is 0 Å². The molecular formula is C15H16N2O2. The standard InChI is InChI=1S/C15H16N2O2/c1-18-12-6-4-7-13(9-12)19-10-11-5-2-3-8-14(11)15(16)17/h2-9H,10H2,1H3,(H3,16,17). The smallest absolute Gasteiger partial charge is 0.123 e. The molecule has 98 valence electrons. The minimum atomic E-state index is 0.0462. The minimum absolute atomic E-state index is 0.0462. The maximum atomic E-state index is 7.53. The molecule has 4 nitrogen and oxygen atoms in total. The van der Waals surface area contributed by atoms with Gasteiger partial charge in [0.25, 0.3) is 0 Å². The van der Waals surface area contributed by atoms with Crippen molar-refractivity contribution in [1.29, 1.82) is 5.41 Å². The quantitative estimate of drug-likeness (QED) is 0.638. The lowest BCUT2D eigenvalue weighted by atomic mass is 10.1. The Morgan fingerprint density at radius 3 is 2.58 bits per heavy atom. The van der Waals surface area contributed by atoms with Gasteiger partial charge in [-0.15, -0.1) is 0 Å². The molecule has 0 aliphatic rings. The third-order valence-corrected chi connectivity index (χ3v) is 2.74. The Hall–Kier alpha value is -2.49. The first kappa shape index (κ1) is 13.0. The number of hydrogen-bond acceptors (Lipinski definition) is 3. The van der Waals surface area contributed by atoms with E-state index in [1.165, 1.54) is 0 Å². The van der Waals surface area contributed by atoms with E-state index in [0.29, 0.717) is 12.2 Å². The van der Waals surface area contributed by atoms with Crippen molar-refractivity contribution in [3.05, 3.63) is 59.7 Å². The fraction of sp³-hybridized carbons (Fsp3) is 0.133. The lowest BCUT2D eigenvalue weighted by Gasteiger charge is -2.10. The summed E-state index contributed by atoms with van der Waals surface area (Å²) in [4.78, 5) is 0. The largest absolute Gasteiger partial charge is 0.497 e. The first-order valence-corrected chi connectivity index (χ1v) is 5.90. The van der Waals surface area contributed by atoms with Crippen LogP contribution in [0.1, 0.15) is 11.1 Å². The number of nitrogens with two attached hydrogens (primary N) is 1. The van der Waals surface area contributed by atoms with Crippen molar-refractivity contribution >= 4 is 5.84 Å². The Labute approximate surface area is 112 Å². The Bertz CT molecular complexity index is 582. The van der Waals surface area contributed by atoms with Crippen LogP contribution in [0.5, 0.6) is 11.5 Å². The summed E-state index contributed by atoms with van der Waals surface area (Å²) in [5.41, 5.74) is 7.12. The second kappa shape index (κ2) is 5.91. The van der Waals surface area contributed by atoms with E-state index in [9.17, 15) is 0 Å². The van der Waals surface area contributed by atoms with Gasteiger partial charge in [-0.2, -0.15) is 0 Å². The highest BCUT2D eigenvalue weighted by Gasteiger charge is 2.05. The maximum Gasteiger partial charge on any atom is 0.123 e. The van der Waals surface area contributed by atoms with Crippen molar-refractivity contribution in [2.45, 2.75) is 6.61 Å². The van der Waals surface area contributed by atoms with Crippen LogP contribution in [-0.4, -0.2) is 12.9 Å². The van der Waals surface area contributed by atoms with Crippen LogP contribution >= 0.6 is 0 Å². The molecule has 0 aromatic heterocycles. The molecule has 2 aromatic carbocycles. The average Bonchev–Trinajstić information content (AvgIpc) is 2.45. The molecule has 0 unspecified atom stereocenters. The monoisotopic (exact) mass is 256 g/mol. The van der Waals surface area contributed by atoms with Crippen molar-refractivity contribution in [3.8, 4) is 11.5 Å². The Balaban J connectivity index is 2.12. The summed E-state index contributed by atoms with van der Waals surface area (Å²) in [5, 5.41) is 7.53. The van der Waals surface area contributed by atoms with E-state index in [4.69, 9.17) is 20.6 Å². The first-order valence-electron chi connectivity index (χ1n) is 5.90. The van der Waals surface area contributed by atoms with Crippen LogP contribution in [0.25, 0.3) is 0 Å². The molecule has 0 atom stereocenters. The fourth-order valence-electron chi connectivity index (χ4n) is 1.76. The average molecular weight is 256 g/mol. The normalized spacial score (nSPS) is 9.95. The Morgan fingerprint density at radius 2 is 1.84 bits per heavy atom. The molecule has 0 spiro atoms. The molecule has 0 amide bonds. The Kier molecular flexibility index (Phi) is 4.03. The van der Waals surface area contributed by atoms with Crippen LogP contribution in [-0.2, 0) is 6.61 Å². The maximum absolute atomic E-state index is 7.53. The van der Waals surface area contributed by atoms with E-state index in [2.05, 4.69) is 0 Å². The molecule has 0 aliphatic heterocycles. The highest BCUT2D eigenvalue weighted by molar-refractivity contribution is 5.96. The van der Waals surface area contributed by atoms with Gasteiger partial charge in [-0.1, -0.05) is 30.3 Å². The molecule has 0 fully saturated rings. The number of amidine groups is 1. The van der Waals surface area contributed by atoms with Gasteiger partial charge in [0.1, 0.15) is 23.9 Å². The number of benzene rings is 2. The number of methoxy groups -OCH3 is 1. The highest BCUT2D eigenvalue weighted by Crippen LogP contribution is 2.20. The lowest BCUT2D eigenvalue weighted by molar-refractivity contribution is 0.303. The van der Waals surface area contributed by atoms with Crippen molar-refractivity contribution in [2.75, 3.05) is 7.11 Å². The molecule has 19 heavy (non-hydrogen) atoms. The van der Waals surface area contributed by atoms with Gasteiger partial charge in [0, 0.05) is 17.2 Å². The number of ether oxygens (including phenoxy) is 2. The molecule has 0 saturated carbocycles. The zero-order chi connectivity index (χ0) is 13.7. The fourth-order valence-corrected chi connectivity index (χ4v) is 1.76. The number of hydrogen-bond donors (Lipinski definition) is 2. The molecule has 4 heteroatoms. The van der Waals surface area contributed by atoms with Crippen LogP contribution in [0.4, 0.5) is 0 Å². The van der Waals surface area contributed by atoms with Gasteiger partial charge in [0.2, 0.25) is 0 Å². The zero-order valence-corrected chi connectivity index (χ0v) is 10.7. The van der Waals surface area contributed by atoms with Crippen LogP contribution in [0.2, 0.25) is 0 Å². The molecule has 0 saturated heterocycles. The van der Waals surface area contributed by atoms with Gasteiger partial charge in [-0.05, 0) is 12.1 Å². The summed E-state index contributed by atoms with van der Waals surface area (Å²) in [7, 11) is 1.62. The molecule has 2 rings (SSSR count). The topological polar surface area (TPSA) is 68.3 Å². The second-order valence-electron chi connectivity index (χ2n) is 4.04. The molecule has 0 heterocycles. The van der Waals surface area contributed by atoms with E-state index in [-0.39, 0.29) is 5.84 Å². The summed E-state index contributed by atoms with van der Waals surface area (Å²) in [6, 6.07) is 14.9. The predicted molar refractivity (Wildman–Crippen MR) is 74.8 cm³/mol. The summed E-state index contributed by atoms with van der Waals surface area (Å²) in [6.45, 7) is 0.364. The van der Waals surface area contributed by atoms with Crippen molar-refractivity contribution < 1.29 is 9.47 Å². The van der Waals surface area contributed by atoms with Gasteiger partial charge in [-0.25, -0.2) is 0 Å². The van der Waals surface area contributed by atoms with E-state index in [0.717, 1.165) is 17.1 Å². The van der Waals surface area contributed by atoms with Gasteiger partial charge in [-0.3, -0.25) is 5.41 Å². The SMILES string of the molecule is COc1cccc(OCc2ccccc2C(=N)N)c1. The third kappa shape index (κ3) is 3.25. The minimum Gasteiger partial charge on any atom is -0.497 e. The molecule has 0 aliphatic carbocycles. The second-order valence-corrected chi connectivity index (χ2v) is 4.04. The highest BCUT2D eigenvalue weighted by atomic mass is 16.5. The number of nitrogens with one attached hydrogen (secondary N) is 1. The van der Waals surface area contributed by atoms with Gasteiger partial charge in [0.05, 0.1) is 7.11 Å².